The number of hydrogen-bond donors (Lipinski definition) is 3. The fourth-order valence-electron chi connectivity index (χ4n) is 0.616. The minimum Gasteiger partial charge on any atom is -0.480 e. The molecule has 0 heterocycles. The van der Waals surface area contributed by atoms with Crippen molar-refractivity contribution >= 4 is 12.0 Å². The highest BCUT2D eigenvalue weighted by molar-refractivity contribution is 5.74. The predicted molar refractivity (Wildman–Crippen MR) is 47.3 cm³/mol. The van der Waals surface area contributed by atoms with E-state index in [2.05, 4.69) is 5.32 Å². The Kier molecular flexibility index (Phi) is 4.83. The maximum atomic E-state index is 10.9. The molecule has 0 radical (unpaired) electrons. The number of hydrogen-bond acceptors (Lipinski definition) is 3. The number of nitrogens with two attached hydrogens (primary N) is 1. The van der Waals surface area contributed by atoms with Gasteiger partial charge in [0, 0.05) is 20.6 Å². The molecule has 6 nitrogen and oxygen atoms in total. The van der Waals surface area contributed by atoms with Crippen molar-refractivity contribution in [3.63, 3.8) is 0 Å². The highest BCUT2D eigenvalue weighted by Crippen LogP contribution is 1.86. The molecule has 0 aromatic carbocycles. The molecule has 0 aliphatic heterocycles. The molecule has 0 spiro atoms. The van der Waals surface area contributed by atoms with Gasteiger partial charge in [0.15, 0.2) is 0 Å². The van der Waals surface area contributed by atoms with E-state index >= 15 is 0 Å². The Morgan fingerprint density at radius 2 is 2.08 bits per heavy atom. The van der Waals surface area contributed by atoms with E-state index < -0.39 is 12.0 Å². The first-order valence-electron chi connectivity index (χ1n) is 3.88. The van der Waals surface area contributed by atoms with Crippen LogP contribution in [0, 0.1) is 0 Å². The van der Waals surface area contributed by atoms with Crippen LogP contribution in [0.2, 0.25) is 0 Å². The van der Waals surface area contributed by atoms with Crippen LogP contribution in [0.5, 0.6) is 0 Å². The van der Waals surface area contributed by atoms with Crippen molar-refractivity contribution < 1.29 is 14.7 Å². The molecule has 0 aliphatic carbocycles. The molecule has 1 unspecified atom stereocenters. The van der Waals surface area contributed by atoms with Gasteiger partial charge in [-0.25, -0.2) is 4.79 Å². The molecule has 0 bridgehead atoms. The van der Waals surface area contributed by atoms with Crippen LogP contribution in [-0.4, -0.2) is 48.7 Å². The summed E-state index contributed by atoms with van der Waals surface area (Å²) < 4.78 is 0. The second-order valence-corrected chi connectivity index (χ2v) is 2.86. The minimum atomic E-state index is -1.06. The maximum Gasteiger partial charge on any atom is 0.320 e. The first-order valence-corrected chi connectivity index (χ1v) is 3.88. The number of rotatable bonds is 4. The average molecular weight is 189 g/mol. The van der Waals surface area contributed by atoms with Crippen LogP contribution in [0.4, 0.5) is 4.79 Å². The highest BCUT2D eigenvalue weighted by atomic mass is 16.4. The van der Waals surface area contributed by atoms with Crippen LogP contribution in [0.15, 0.2) is 0 Å². The van der Waals surface area contributed by atoms with E-state index in [9.17, 15) is 9.59 Å². The molecule has 0 aliphatic rings. The quantitative estimate of drug-likeness (QED) is 0.531. The van der Waals surface area contributed by atoms with Crippen molar-refractivity contribution in [2.75, 3.05) is 20.6 Å². The molecule has 0 saturated heterocycles. The summed E-state index contributed by atoms with van der Waals surface area (Å²) in [4.78, 5) is 22.5. The lowest BCUT2D eigenvalue weighted by Crippen LogP contribution is -2.39. The van der Waals surface area contributed by atoms with Gasteiger partial charge in [0.05, 0.1) is 0 Å². The summed E-state index contributed by atoms with van der Waals surface area (Å²) in [6.07, 6.45) is 0.231. The number of aliphatic carboxylic acids is 1. The number of urea groups is 1. The van der Waals surface area contributed by atoms with Gasteiger partial charge in [-0.3, -0.25) is 4.79 Å². The lowest BCUT2D eigenvalue weighted by molar-refractivity contribution is -0.138. The third kappa shape index (κ3) is 5.02. The standard InChI is InChI=1S/C7H15N3O3/c1-10(2)7(13)9-4-3-5(8)6(11)12/h5H,3-4,8H2,1-2H3,(H,9,13)(H,11,12). The molecular weight excluding hydrogens is 174 g/mol. The summed E-state index contributed by atoms with van der Waals surface area (Å²) >= 11 is 0. The zero-order valence-electron chi connectivity index (χ0n) is 7.78. The summed E-state index contributed by atoms with van der Waals surface area (Å²) in [5.74, 6) is -1.06. The largest absolute Gasteiger partial charge is 0.480 e. The first-order chi connectivity index (χ1) is 5.95. The van der Waals surface area contributed by atoms with E-state index in [0.29, 0.717) is 0 Å². The van der Waals surface area contributed by atoms with Crippen LogP contribution in [0.1, 0.15) is 6.42 Å². The Bertz CT molecular complexity index is 193. The summed E-state index contributed by atoms with van der Waals surface area (Å²) in [7, 11) is 3.21. The molecule has 0 saturated carbocycles. The van der Waals surface area contributed by atoms with Crippen molar-refractivity contribution in [1.82, 2.24) is 10.2 Å². The third-order valence-corrected chi connectivity index (χ3v) is 1.45. The molecule has 13 heavy (non-hydrogen) atoms. The normalized spacial score (nSPS) is 11.9. The van der Waals surface area contributed by atoms with Crippen molar-refractivity contribution in [2.24, 2.45) is 5.73 Å². The topological polar surface area (TPSA) is 95.7 Å². The molecule has 76 valence electrons. The van der Waals surface area contributed by atoms with Gasteiger partial charge in [-0.15, -0.1) is 0 Å². The molecule has 0 aromatic heterocycles. The fourth-order valence-corrected chi connectivity index (χ4v) is 0.616. The van der Waals surface area contributed by atoms with Gasteiger partial charge in [0.2, 0.25) is 0 Å². The van der Waals surface area contributed by atoms with Gasteiger partial charge in [-0.05, 0) is 6.42 Å². The van der Waals surface area contributed by atoms with Gasteiger partial charge in [0.1, 0.15) is 6.04 Å². The lowest BCUT2D eigenvalue weighted by Gasteiger charge is -2.12. The third-order valence-electron chi connectivity index (χ3n) is 1.45. The van der Waals surface area contributed by atoms with Crippen LogP contribution in [-0.2, 0) is 4.79 Å². The summed E-state index contributed by atoms with van der Waals surface area (Å²) in [6.45, 7) is 0.268. The summed E-state index contributed by atoms with van der Waals surface area (Å²) in [5.41, 5.74) is 5.21. The zero-order valence-corrected chi connectivity index (χ0v) is 7.78. The Hall–Kier alpha value is -1.30. The lowest BCUT2D eigenvalue weighted by atomic mass is 10.2. The molecule has 0 aromatic rings. The summed E-state index contributed by atoms with van der Waals surface area (Å²) in [6, 6.07) is -1.17. The number of nitrogens with one attached hydrogen (secondary N) is 1. The highest BCUT2D eigenvalue weighted by Gasteiger charge is 2.11. The molecule has 6 heteroatoms. The number of amides is 2. The zero-order chi connectivity index (χ0) is 10.4. The van der Waals surface area contributed by atoms with Crippen molar-refractivity contribution in [2.45, 2.75) is 12.5 Å². The van der Waals surface area contributed by atoms with E-state index in [4.69, 9.17) is 10.8 Å². The van der Waals surface area contributed by atoms with E-state index in [-0.39, 0.29) is 19.0 Å². The smallest absolute Gasteiger partial charge is 0.320 e. The van der Waals surface area contributed by atoms with Crippen LogP contribution in [0.25, 0.3) is 0 Å². The number of carbonyl (C=O) groups excluding carboxylic acids is 1. The Labute approximate surface area is 76.7 Å². The van der Waals surface area contributed by atoms with E-state index in [1.54, 1.807) is 14.1 Å². The second-order valence-electron chi connectivity index (χ2n) is 2.86. The van der Waals surface area contributed by atoms with Gasteiger partial charge in [-0.2, -0.15) is 0 Å². The molecule has 0 fully saturated rings. The second kappa shape index (κ2) is 5.36. The van der Waals surface area contributed by atoms with Gasteiger partial charge in [0.25, 0.3) is 0 Å². The van der Waals surface area contributed by atoms with Crippen LogP contribution in [0.3, 0.4) is 0 Å². The molecule has 0 rings (SSSR count). The summed E-state index contributed by atoms with van der Waals surface area (Å²) in [5, 5.41) is 10.9. The van der Waals surface area contributed by atoms with Gasteiger partial charge < -0.3 is 21.1 Å². The number of carboxylic acids is 1. The van der Waals surface area contributed by atoms with Crippen LogP contribution >= 0.6 is 0 Å². The Balaban J connectivity index is 3.56. The van der Waals surface area contributed by atoms with Crippen LogP contribution < -0.4 is 11.1 Å². The Morgan fingerprint density at radius 1 is 1.54 bits per heavy atom. The number of carbonyl (C=O) groups is 2. The molecule has 1 atom stereocenters. The molecule has 2 amide bonds. The monoisotopic (exact) mass is 189 g/mol. The van der Waals surface area contributed by atoms with E-state index in [1.165, 1.54) is 4.90 Å². The number of carboxylic acid groups (broad SMARTS) is 1. The van der Waals surface area contributed by atoms with E-state index in [0.717, 1.165) is 0 Å². The first kappa shape index (κ1) is 11.7. The minimum absolute atomic E-state index is 0.231. The average Bonchev–Trinajstić information content (AvgIpc) is 2.03. The van der Waals surface area contributed by atoms with Gasteiger partial charge in [-0.1, -0.05) is 0 Å². The van der Waals surface area contributed by atoms with E-state index in [1.807, 2.05) is 0 Å². The van der Waals surface area contributed by atoms with Gasteiger partial charge >= 0.3 is 12.0 Å². The fraction of sp³-hybridized carbons (Fsp3) is 0.714. The molecular formula is C7H15N3O3. The Morgan fingerprint density at radius 3 is 2.46 bits per heavy atom. The van der Waals surface area contributed by atoms with Crippen molar-refractivity contribution in [1.29, 1.82) is 0 Å². The number of nitrogens with zero attached hydrogens (tertiary/aromatic N) is 1. The van der Waals surface area contributed by atoms with Crippen molar-refractivity contribution in [3.05, 3.63) is 0 Å². The maximum absolute atomic E-state index is 10.9. The van der Waals surface area contributed by atoms with Crippen molar-refractivity contribution in [3.8, 4) is 0 Å². The molecule has 4 N–H and O–H groups in total. The predicted octanol–water partition coefficient (Wildman–Crippen LogP) is -0.940. The SMILES string of the molecule is CN(C)C(=O)NCCC(N)C(=O)O.